The van der Waals surface area contributed by atoms with Gasteiger partial charge in [-0.3, -0.25) is 9.48 Å². The molecular formula is C21H21FN4O4S. The first kappa shape index (κ1) is 21.0. The van der Waals surface area contributed by atoms with Crippen LogP contribution in [0.25, 0.3) is 22.4 Å². The van der Waals surface area contributed by atoms with Gasteiger partial charge in [0.2, 0.25) is 10.0 Å². The van der Waals surface area contributed by atoms with Crippen LogP contribution in [0.1, 0.15) is 18.7 Å². The fourth-order valence-corrected chi connectivity index (χ4v) is 4.56. The molecule has 1 aliphatic heterocycles. The van der Waals surface area contributed by atoms with Gasteiger partial charge in [0, 0.05) is 11.1 Å². The maximum atomic E-state index is 13.6. The molecular weight excluding hydrogens is 423 g/mol. The molecule has 0 radical (unpaired) electrons. The Morgan fingerprint density at radius 3 is 2.58 bits per heavy atom. The first-order valence-corrected chi connectivity index (χ1v) is 11.3. The number of nitrogens with one attached hydrogen (secondary N) is 1. The minimum Gasteiger partial charge on any atom is -0.482 e. The fourth-order valence-electron chi connectivity index (χ4n) is 3.74. The minimum absolute atomic E-state index is 0.0464. The molecule has 0 bridgehead atoms. The number of ether oxygens (including phenoxy) is 1. The highest BCUT2D eigenvalue weighted by Crippen LogP contribution is 2.40. The van der Waals surface area contributed by atoms with Gasteiger partial charge in [0.05, 0.1) is 28.9 Å². The van der Waals surface area contributed by atoms with Crippen molar-refractivity contribution in [1.82, 2.24) is 9.78 Å². The van der Waals surface area contributed by atoms with E-state index in [1.807, 2.05) is 6.07 Å². The molecule has 0 fully saturated rings. The summed E-state index contributed by atoms with van der Waals surface area (Å²) in [5, 5.41) is 12.6. The average Bonchev–Trinajstić information content (AvgIpc) is 3.04. The molecule has 10 heteroatoms. The predicted octanol–water partition coefficient (Wildman–Crippen LogP) is 2.85. The summed E-state index contributed by atoms with van der Waals surface area (Å²) in [4.78, 5) is 11.7. The molecule has 1 aromatic heterocycles. The minimum atomic E-state index is -3.75. The molecule has 3 N–H and O–H groups in total. The zero-order valence-corrected chi connectivity index (χ0v) is 17.7. The monoisotopic (exact) mass is 444 g/mol. The van der Waals surface area contributed by atoms with Crippen molar-refractivity contribution in [1.29, 1.82) is 0 Å². The highest BCUT2D eigenvalue weighted by atomic mass is 32.2. The number of rotatable bonds is 5. The zero-order valence-electron chi connectivity index (χ0n) is 16.9. The smallest absolute Gasteiger partial charge is 0.262 e. The molecule has 4 rings (SSSR count). The van der Waals surface area contributed by atoms with Crippen LogP contribution in [-0.4, -0.2) is 36.5 Å². The van der Waals surface area contributed by atoms with Gasteiger partial charge in [-0.25, -0.2) is 17.9 Å². The van der Waals surface area contributed by atoms with Gasteiger partial charge in [-0.05, 0) is 55.8 Å². The number of carbonyl (C=O) groups is 1. The lowest BCUT2D eigenvalue weighted by molar-refractivity contribution is -0.118. The lowest BCUT2D eigenvalue weighted by atomic mass is 9.98. The summed E-state index contributed by atoms with van der Waals surface area (Å²) in [6.45, 7) is 3.46. The van der Waals surface area contributed by atoms with Crippen LogP contribution in [-0.2, 0) is 14.8 Å². The lowest BCUT2D eigenvalue weighted by Crippen LogP contribution is -2.25. The molecule has 0 saturated carbocycles. The maximum Gasteiger partial charge on any atom is 0.262 e. The summed E-state index contributed by atoms with van der Waals surface area (Å²) in [7, 11) is -3.75. The van der Waals surface area contributed by atoms with Gasteiger partial charge in [0.15, 0.2) is 6.61 Å². The highest BCUT2D eigenvalue weighted by molar-refractivity contribution is 7.89. The Kier molecular flexibility index (Phi) is 5.28. The molecule has 1 aliphatic rings. The summed E-state index contributed by atoms with van der Waals surface area (Å²) in [6, 6.07) is 10.7. The normalized spacial score (nSPS) is 14.5. The van der Waals surface area contributed by atoms with E-state index in [9.17, 15) is 17.6 Å². The van der Waals surface area contributed by atoms with Crippen molar-refractivity contribution in [3.8, 4) is 28.1 Å². The Morgan fingerprint density at radius 2 is 1.90 bits per heavy atom. The number of halogens is 1. The highest BCUT2D eigenvalue weighted by Gasteiger charge is 2.25. The van der Waals surface area contributed by atoms with Crippen molar-refractivity contribution in [3.05, 3.63) is 54.0 Å². The number of hydrogen-bond acceptors (Lipinski definition) is 5. The van der Waals surface area contributed by atoms with Crippen LogP contribution in [0.15, 0.2) is 42.5 Å². The summed E-state index contributed by atoms with van der Waals surface area (Å²) in [5.41, 5.74) is 3.94. The molecule has 0 aliphatic carbocycles. The molecule has 2 aromatic carbocycles. The Bertz CT molecular complexity index is 1270. The van der Waals surface area contributed by atoms with E-state index in [4.69, 9.17) is 9.88 Å². The number of primary sulfonamides is 1. The van der Waals surface area contributed by atoms with E-state index in [1.165, 1.54) is 12.1 Å². The fraction of sp³-hybridized carbons (Fsp3) is 0.238. The average molecular weight is 444 g/mol. The third-order valence-corrected chi connectivity index (χ3v) is 5.94. The number of nitrogens with zero attached hydrogens (tertiary/aromatic N) is 2. The van der Waals surface area contributed by atoms with Crippen molar-refractivity contribution < 1.29 is 22.3 Å². The van der Waals surface area contributed by atoms with E-state index in [1.54, 1.807) is 42.8 Å². The second kappa shape index (κ2) is 7.78. The van der Waals surface area contributed by atoms with Gasteiger partial charge in [-0.1, -0.05) is 6.07 Å². The van der Waals surface area contributed by atoms with Crippen LogP contribution in [0.4, 0.5) is 10.1 Å². The van der Waals surface area contributed by atoms with E-state index in [0.717, 1.165) is 11.1 Å². The van der Waals surface area contributed by atoms with E-state index >= 15 is 0 Å². The molecule has 31 heavy (non-hydrogen) atoms. The van der Waals surface area contributed by atoms with E-state index in [-0.39, 0.29) is 24.1 Å². The van der Waals surface area contributed by atoms with Crippen LogP contribution >= 0.6 is 0 Å². The second-order valence-corrected chi connectivity index (χ2v) is 9.15. The van der Waals surface area contributed by atoms with Crippen molar-refractivity contribution in [2.24, 2.45) is 5.14 Å². The molecule has 0 saturated heterocycles. The molecule has 1 unspecified atom stereocenters. The SMILES string of the molecule is Cc1nn(C(C)CS(N)(=O)=O)c(-c2ccc(F)cc2)c1-c1ccc2c(c1)NC(=O)CO2. The van der Waals surface area contributed by atoms with Gasteiger partial charge in [0.25, 0.3) is 5.91 Å². The van der Waals surface area contributed by atoms with Crippen LogP contribution in [0.3, 0.4) is 0 Å². The van der Waals surface area contributed by atoms with Gasteiger partial charge in [0.1, 0.15) is 11.6 Å². The lowest BCUT2D eigenvalue weighted by Gasteiger charge is -2.19. The number of aryl methyl sites for hydroxylation is 1. The molecule has 8 nitrogen and oxygen atoms in total. The number of carbonyl (C=O) groups excluding carboxylic acids is 1. The van der Waals surface area contributed by atoms with Crippen molar-refractivity contribution in [2.75, 3.05) is 17.7 Å². The Balaban J connectivity index is 1.91. The van der Waals surface area contributed by atoms with E-state index in [0.29, 0.717) is 28.4 Å². The number of sulfonamides is 1. The van der Waals surface area contributed by atoms with Gasteiger partial charge >= 0.3 is 0 Å². The third kappa shape index (κ3) is 4.30. The third-order valence-electron chi connectivity index (χ3n) is 5.00. The van der Waals surface area contributed by atoms with Crippen molar-refractivity contribution in [3.63, 3.8) is 0 Å². The number of aromatic nitrogens is 2. The quantitative estimate of drug-likeness (QED) is 0.628. The number of anilines is 1. The Hall–Kier alpha value is -3.24. The molecule has 162 valence electrons. The maximum absolute atomic E-state index is 13.6. The van der Waals surface area contributed by atoms with Gasteiger partial charge in [-0.2, -0.15) is 5.10 Å². The van der Waals surface area contributed by atoms with Crippen LogP contribution in [0.5, 0.6) is 5.75 Å². The first-order chi connectivity index (χ1) is 14.6. The van der Waals surface area contributed by atoms with Crippen LogP contribution < -0.4 is 15.2 Å². The number of hydrogen-bond donors (Lipinski definition) is 2. The molecule has 1 amide bonds. The molecule has 2 heterocycles. The number of benzene rings is 2. The van der Waals surface area contributed by atoms with E-state index < -0.39 is 16.1 Å². The zero-order chi connectivity index (χ0) is 22.3. The topological polar surface area (TPSA) is 116 Å². The molecule has 1 atom stereocenters. The summed E-state index contributed by atoms with van der Waals surface area (Å²) < 4.78 is 44.0. The van der Waals surface area contributed by atoms with Crippen LogP contribution in [0, 0.1) is 12.7 Å². The van der Waals surface area contributed by atoms with E-state index in [2.05, 4.69) is 10.4 Å². The predicted molar refractivity (Wildman–Crippen MR) is 115 cm³/mol. The van der Waals surface area contributed by atoms with Gasteiger partial charge < -0.3 is 10.1 Å². The van der Waals surface area contributed by atoms with Crippen molar-refractivity contribution >= 4 is 21.6 Å². The summed E-state index contributed by atoms with van der Waals surface area (Å²) >= 11 is 0. The first-order valence-electron chi connectivity index (χ1n) is 9.55. The largest absolute Gasteiger partial charge is 0.482 e. The number of fused-ring (bicyclic) bond motifs is 1. The molecule has 0 spiro atoms. The molecule has 3 aromatic rings. The van der Waals surface area contributed by atoms with Crippen LogP contribution in [0.2, 0.25) is 0 Å². The van der Waals surface area contributed by atoms with Crippen molar-refractivity contribution in [2.45, 2.75) is 19.9 Å². The number of nitrogens with two attached hydrogens (primary N) is 1. The van der Waals surface area contributed by atoms with Gasteiger partial charge in [-0.15, -0.1) is 0 Å². The standard InChI is InChI=1S/C21H21FN4O4S/c1-12(11-31(23,28)29)26-21(14-3-6-16(22)7-4-14)20(13(2)25-26)15-5-8-18-17(9-15)24-19(27)10-30-18/h3-9,12H,10-11H2,1-2H3,(H,24,27)(H2,23,28,29). The Morgan fingerprint density at radius 1 is 1.23 bits per heavy atom. The second-order valence-electron chi connectivity index (χ2n) is 7.49. The number of amides is 1. The summed E-state index contributed by atoms with van der Waals surface area (Å²) in [6.07, 6.45) is 0. The summed E-state index contributed by atoms with van der Waals surface area (Å²) in [5.74, 6) is -0.397. The Labute approximate surface area is 178 Å².